The van der Waals surface area contributed by atoms with E-state index in [0.717, 1.165) is 5.52 Å². The molecule has 0 saturated carbocycles. The Hall–Kier alpha value is -3.42. The molecule has 0 aliphatic heterocycles. The minimum atomic E-state index is -0.149. The number of pyridine rings is 2. The fourth-order valence-electron chi connectivity index (χ4n) is 3.21. The van der Waals surface area contributed by atoms with E-state index in [4.69, 9.17) is 27.9 Å². The van der Waals surface area contributed by atoms with Crippen molar-refractivity contribution in [2.24, 2.45) is 0 Å². The minimum absolute atomic E-state index is 0.0784. The van der Waals surface area contributed by atoms with Gasteiger partial charge in [0, 0.05) is 6.20 Å². The van der Waals surface area contributed by atoms with Gasteiger partial charge in [-0.25, -0.2) is 9.97 Å². The maximum absolute atomic E-state index is 12.9. The molecular weight excluding hydrogens is 425 g/mol. The summed E-state index contributed by atoms with van der Waals surface area (Å²) in [5.74, 6) is 1.09. The molecule has 148 valence electrons. The number of imidazole rings is 2. The van der Waals surface area contributed by atoms with Crippen molar-refractivity contribution in [3.05, 3.63) is 83.4 Å². The average Bonchev–Trinajstić information content (AvgIpc) is 3.33. The topological polar surface area (TPSA) is 74.3 Å². The molecule has 5 aromatic rings. The quantitative estimate of drug-likeness (QED) is 0.359. The molecule has 4 heterocycles. The van der Waals surface area contributed by atoms with Gasteiger partial charge in [-0.05, 0) is 36.4 Å². The zero-order valence-corrected chi connectivity index (χ0v) is 16.9. The van der Waals surface area contributed by atoms with Crippen molar-refractivity contribution in [3.63, 3.8) is 0 Å². The first-order valence-corrected chi connectivity index (χ1v) is 9.72. The van der Waals surface area contributed by atoms with Crippen LogP contribution in [0.5, 0.6) is 11.5 Å². The highest BCUT2D eigenvalue weighted by atomic mass is 35.5. The number of halogens is 2. The molecule has 0 unspecified atom stereocenters. The van der Waals surface area contributed by atoms with E-state index < -0.39 is 0 Å². The van der Waals surface area contributed by atoms with Crippen LogP contribution in [0.25, 0.3) is 16.6 Å². The van der Waals surface area contributed by atoms with Crippen molar-refractivity contribution in [1.82, 2.24) is 23.9 Å². The normalized spacial score (nSPS) is 11.3. The van der Waals surface area contributed by atoms with Crippen molar-refractivity contribution in [2.45, 2.75) is 6.54 Å². The summed E-state index contributed by atoms with van der Waals surface area (Å²) in [6, 6.07) is 10.6. The van der Waals surface area contributed by atoms with Gasteiger partial charge in [0.2, 0.25) is 5.78 Å². The number of ether oxygens (including phenoxy) is 1. The highest BCUT2D eigenvalue weighted by Gasteiger charge is 2.16. The van der Waals surface area contributed by atoms with Gasteiger partial charge in [0.1, 0.15) is 23.5 Å². The van der Waals surface area contributed by atoms with Crippen LogP contribution in [0, 0.1) is 0 Å². The molecule has 0 fully saturated rings. The number of carbonyl (C=O) groups excluding carboxylic acids is 1. The van der Waals surface area contributed by atoms with Crippen LogP contribution in [-0.2, 0) is 6.54 Å². The standard InChI is InChI=1S/C21H13Cl2N5O2/c22-15-6-17-19(7-16(15)23)28(11-25-17)10-20(29)21-18-4-3-14(9-27(18)12-26-21)30-13-2-1-5-24-8-13/h1-9,11-12H,10H2. The monoisotopic (exact) mass is 437 g/mol. The SMILES string of the molecule is O=C(Cn1cnc2cc(Cl)c(Cl)cc21)c1ncn2cc(Oc3cccnc3)ccc12. The van der Waals surface area contributed by atoms with Gasteiger partial charge in [0.15, 0.2) is 0 Å². The zero-order valence-electron chi connectivity index (χ0n) is 15.4. The van der Waals surface area contributed by atoms with Gasteiger partial charge in [-0.3, -0.25) is 9.78 Å². The Morgan fingerprint density at radius 1 is 1.00 bits per heavy atom. The van der Waals surface area contributed by atoms with E-state index in [9.17, 15) is 4.79 Å². The minimum Gasteiger partial charge on any atom is -0.454 e. The largest absolute Gasteiger partial charge is 0.454 e. The fourth-order valence-corrected chi connectivity index (χ4v) is 3.52. The summed E-state index contributed by atoms with van der Waals surface area (Å²) in [6.07, 6.45) is 8.24. The first-order chi connectivity index (χ1) is 14.6. The summed E-state index contributed by atoms with van der Waals surface area (Å²) in [7, 11) is 0. The van der Waals surface area contributed by atoms with Crippen molar-refractivity contribution in [3.8, 4) is 11.5 Å². The number of aromatic nitrogens is 5. The molecule has 0 atom stereocenters. The molecule has 0 spiro atoms. The summed E-state index contributed by atoms with van der Waals surface area (Å²) >= 11 is 12.2. The Balaban J connectivity index is 1.42. The van der Waals surface area contributed by atoms with Gasteiger partial charge in [0.05, 0.1) is 51.9 Å². The molecule has 0 N–H and O–H groups in total. The van der Waals surface area contributed by atoms with Crippen LogP contribution in [-0.4, -0.2) is 29.7 Å². The van der Waals surface area contributed by atoms with E-state index in [2.05, 4.69) is 15.0 Å². The van der Waals surface area contributed by atoms with Crippen molar-refractivity contribution >= 4 is 45.5 Å². The molecule has 4 aromatic heterocycles. The predicted molar refractivity (Wildman–Crippen MR) is 114 cm³/mol. The van der Waals surface area contributed by atoms with Gasteiger partial charge in [0.25, 0.3) is 0 Å². The number of rotatable bonds is 5. The molecule has 7 nitrogen and oxygen atoms in total. The molecule has 0 amide bonds. The number of nitrogens with zero attached hydrogens (tertiary/aromatic N) is 5. The van der Waals surface area contributed by atoms with Gasteiger partial charge >= 0.3 is 0 Å². The van der Waals surface area contributed by atoms with E-state index in [1.165, 1.54) is 0 Å². The Kier molecular flexibility index (Phi) is 4.61. The van der Waals surface area contributed by atoms with Crippen LogP contribution in [0.15, 0.2) is 67.6 Å². The van der Waals surface area contributed by atoms with Crippen LogP contribution in [0.1, 0.15) is 10.5 Å². The van der Waals surface area contributed by atoms with E-state index in [1.54, 1.807) is 70.5 Å². The summed E-state index contributed by atoms with van der Waals surface area (Å²) < 4.78 is 9.26. The third kappa shape index (κ3) is 3.38. The molecule has 0 aliphatic rings. The van der Waals surface area contributed by atoms with Gasteiger partial charge in [-0.15, -0.1) is 0 Å². The van der Waals surface area contributed by atoms with E-state index in [1.807, 2.05) is 6.07 Å². The molecular formula is C21H13Cl2N5O2. The lowest BCUT2D eigenvalue weighted by atomic mass is 10.2. The summed E-state index contributed by atoms with van der Waals surface area (Å²) in [5.41, 5.74) is 2.45. The molecule has 0 bridgehead atoms. The highest BCUT2D eigenvalue weighted by molar-refractivity contribution is 6.42. The van der Waals surface area contributed by atoms with Crippen molar-refractivity contribution < 1.29 is 9.53 Å². The van der Waals surface area contributed by atoms with Gasteiger partial charge < -0.3 is 13.7 Å². The molecule has 30 heavy (non-hydrogen) atoms. The smallest absolute Gasteiger partial charge is 0.203 e. The summed E-state index contributed by atoms with van der Waals surface area (Å²) in [5, 5.41) is 0.831. The third-order valence-corrected chi connectivity index (χ3v) is 5.34. The molecule has 0 saturated heterocycles. The Bertz CT molecular complexity index is 1400. The van der Waals surface area contributed by atoms with Gasteiger partial charge in [-0.1, -0.05) is 23.2 Å². The van der Waals surface area contributed by atoms with E-state index in [0.29, 0.717) is 38.3 Å². The molecule has 0 aliphatic carbocycles. The van der Waals surface area contributed by atoms with Crippen LogP contribution >= 0.6 is 23.2 Å². The summed E-state index contributed by atoms with van der Waals surface area (Å²) in [4.78, 5) is 25.6. The second-order valence-electron chi connectivity index (χ2n) is 6.59. The molecule has 9 heteroatoms. The Labute approximate surface area is 180 Å². The van der Waals surface area contributed by atoms with Crippen molar-refractivity contribution in [1.29, 1.82) is 0 Å². The lowest BCUT2D eigenvalue weighted by Crippen LogP contribution is -2.10. The maximum Gasteiger partial charge on any atom is 0.203 e. The third-order valence-electron chi connectivity index (χ3n) is 4.62. The van der Waals surface area contributed by atoms with Gasteiger partial charge in [-0.2, -0.15) is 0 Å². The Morgan fingerprint density at radius 2 is 1.87 bits per heavy atom. The maximum atomic E-state index is 12.9. The number of fused-ring (bicyclic) bond motifs is 2. The number of benzene rings is 1. The zero-order chi connectivity index (χ0) is 20.7. The first kappa shape index (κ1) is 18.6. The highest BCUT2D eigenvalue weighted by Crippen LogP contribution is 2.27. The second kappa shape index (κ2) is 7.44. The number of carbonyl (C=O) groups is 1. The van der Waals surface area contributed by atoms with E-state index >= 15 is 0 Å². The lowest BCUT2D eigenvalue weighted by molar-refractivity contribution is 0.0970. The molecule has 5 rings (SSSR count). The number of Topliss-reactive ketones (excluding diaryl/α,β-unsaturated/α-hetero) is 1. The lowest BCUT2D eigenvalue weighted by Gasteiger charge is -2.06. The molecule has 1 aromatic carbocycles. The second-order valence-corrected chi connectivity index (χ2v) is 7.41. The van der Waals surface area contributed by atoms with Crippen LogP contribution in [0.2, 0.25) is 10.0 Å². The summed E-state index contributed by atoms with van der Waals surface area (Å²) in [6.45, 7) is 0.0784. The first-order valence-electron chi connectivity index (χ1n) is 8.96. The average molecular weight is 438 g/mol. The number of hydrogen-bond donors (Lipinski definition) is 0. The molecule has 0 radical (unpaired) electrons. The van der Waals surface area contributed by atoms with Crippen LogP contribution < -0.4 is 4.74 Å². The number of hydrogen-bond acceptors (Lipinski definition) is 5. The van der Waals surface area contributed by atoms with Crippen LogP contribution in [0.4, 0.5) is 0 Å². The van der Waals surface area contributed by atoms with Crippen molar-refractivity contribution in [2.75, 3.05) is 0 Å². The van der Waals surface area contributed by atoms with E-state index in [-0.39, 0.29) is 12.3 Å². The fraction of sp³-hybridized carbons (Fsp3) is 0.0476. The number of ketones is 1. The van der Waals surface area contributed by atoms with Crippen LogP contribution in [0.3, 0.4) is 0 Å². The Morgan fingerprint density at radius 3 is 2.70 bits per heavy atom. The predicted octanol–water partition coefficient (Wildman–Crippen LogP) is 5.06.